The van der Waals surface area contributed by atoms with Crippen LogP contribution in [-0.4, -0.2) is 12.1 Å². The summed E-state index contributed by atoms with van der Waals surface area (Å²) in [5.41, 5.74) is 3.83. The highest BCUT2D eigenvalue weighted by atomic mass is 35.5. The summed E-state index contributed by atoms with van der Waals surface area (Å²) < 4.78 is 5.25. The van der Waals surface area contributed by atoms with Crippen molar-refractivity contribution in [3.05, 3.63) is 70.9 Å². The van der Waals surface area contributed by atoms with Crippen LogP contribution >= 0.6 is 11.6 Å². The van der Waals surface area contributed by atoms with E-state index in [0.717, 1.165) is 16.8 Å². The van der Waals surface area contributed by atoms with Crippen LogP contribution in [0.1, 0.15) is 11.1 Å². The fourth-order valence-electron chi connectivity index (χ4n) is 2.53. The molecule has 0 aliphatic carbocycles. The number of nitriles is 1. The molecule has 0 unspecified atom stereocenters. The standard InChI is InChI=1S/C20H16ClN3O/c1-13-6-3-4-9-18(13)24-20-19(21)16(11-22)17(12-23-20)14-7-5-8-15(10-14)25-2/h3-10,12H,1-2H3,(H,23,24). The zero-order chi connectivity index (χ0) is 17.8. The number of rotatable bonds is 4. The molecule has 0 atom stereocenters. The summed E-state index contributed by atoms with van der Waals surface area (Å²) in [5, 5.41) is 13.1. The molecule has 3 aromatic rings. The fraction of sp³-hybridized carbons (Fsp3) is 0.100. The second kappa shape index (κ2) is 7.25. The lowest BCUT2D eigenvalue weighted by Gasteiger charge is -2.13. The van der Waals surface area contributed by atoms with Crippen molar-refractivity contribution in [3.63, 3.8) is 0 Å². The van der Waals surface area contributed by atoms with E-state index >= 15 is 0 Å². The molecule has 25 heavy (non-hydrogen) atoms. The lowest BCUT2D eigenvalue weighted by Crippen LogP contribution is -1.99. The van der Waals surface area contributed by atoms with Crippen molar-refractivity contribution in [2.24, 2.45) is 0 Å². The topological polar surface area (TPSA) is 57.9 Å². The van der Waals surface area contributed by atoms with Gasteiger partial charge in [0.2, 0.25) is 0 Å². The van der Waals surface area contributed by atoms with Crippen molar-refractivity contribution in [1.29, 1.82) is 5.26 Å². The van der Waals surface area contributed by atoms with Crippen molar-refractivity contribution in [1.82, 2.24) is 4.98 Å². The number of methoxy groups -OCH3 is 1. The number of nitrogens with one attached hydrogen (secondary N) is 1. The highest BCUT2D eigenvalue weighted by Gasteiger charge is 2.15. The second-order valence-electron chi connectivity index (χ2n) is 5.49. The molecule has 0 fully saturated rings. The maximum Gasteiger partial charge on any atom is 0.150 e. The molecule has 2 aromatic carbocycles. The lowest BCUT2D eigenvalue weighted by atomic mass is 10.0. The monoisotopic (exact) mass is 349 g/mol. The third-order valence-electron chi connectivity index (χ3n) is 3.91. The van der Waals surface area contributed by atoms with Gasteiger partial charge in [-0.2, -0.15) is 5.26 Å². The van der Waals surface area contributed by atoms with Gasteiger partial charge in [-0.15, -0.1) is 0 Å². The van der Waals surface area contributed by atoms with E-state index in [1.807, 2.05) is 55.5 Å². The smallest absolute Gasteiger partial charge is 0.150 e. The fourth-order valence-corrected chi connectivity index (χ4v) is 2.77. The average Bonchev–Trinajstić information content (AvgIpc) is 2.65. The van der Waals surface area contributed by atoms with Crippen molar-refractivity contribution >= 4 is 23.1 Å². The second-order valence-corrected chi connectivity index (χ2v) is 5.87. The summed E-state index contributed by atoms with van der Waals surface area (Å²) in [6.45, 7) is 1.99. The van der Waals surface area contributed by atoms with Gasteiger partial charge in [-0.1, -0.05) is 41.9 Å². The summed E-state index contributed by atoms with van der Waals surface area (Å²) in [7, 11) is 1.60. The molecule has 0 saturated heterocycles. The minimum Gasteiger partial charge on any atom is -0.497 e. The summed E-state index contributed by atoms with van der Waals surface area (Å²) in [4.78, 5) is 4.42. The largest absolute Gasteiger partial charge is 0.497 e. The van der Waals surface area contributed by atoms with Gasteiger partial charge in [-0.05, 0) is 36.2 Å². The van der Waals surface area contributed by atoms with E-state index in [2.05, 4.69) is 16.4 Å². The van der Waals surface area contributed by atoms with E-state index in [1.165, 1.54) is 0 Å². The maximum absolute atomic E-state index is 9.61. The zero-order valence-corrected chi connectivity index (χ0v) is 14.6. The first-order valence-electron chi connectivity index (χ1n) is 7.69. The van der Waals surface area contributed by atoms with Crippen molar-refractivity contribution < 1.29 is 4.74 Å². The number of benzene rings is 2. The molecule has 4 nitrogen and oxygen atoms in total. The van der Waals surface area contributed by atoms with E-state index in [0.29, 0.717) is 27.7 Å². The van der Waals surface area contributed by atoms with Crippen LogP contribution in [0.25, 0.3) is 11.1 Å². The molecular weight excluding hydrogens is 334 g/mol. The van der Waals surface area contributed by atoms with Gasteiger partial charge in [0.1, 0.15) is 16.8 Å². The number of para-hydroxylation sites is 1. The molecule has 5 heteroatoms. The normalized spacial score (nSPS) is 10.2. The summed E-state index contributed by atoms with van der Waals surface area (Å²) in [6, 6.07) is 17.5. The van der Waals surface area contributed by atoms with Crippen molar-refractivity contribution in [2.45, 2.75) is 6.92 Å². The van der Waals surface area contributed by atoms with E-state index in [-0.39, 0.29) is 0 Å². The minimum absolute atomic E-state index is 0.297. The number of anilines is 2. The average molecular weight is 350 g/mol. The summed E-state index contributed by atoms with van der Waals surface area (Å²) in [6.07, 6.45) is 1.65. The van der Waals surface area contributed by atoms with Crippen molar-refractivity contribution in [2.75, 3.05) is 12.4 Å². The van der Waals surface area contributed by atoms with Crippen LogP contribution in [0.15, 0.2) is 54.7 Å². The van der Waals surface area contributed by atoms with Gasteiger partial charge in [-0.3, -0.25) is 0 Å². The van der Waals surface area contributed by atoms with Gasteiger partial charge in [0, 0.05) is 17.4 Å². The molecule has 0 aliphatic heterocycles. The Bertz CT molecular complexity index is 963. The molecule has 1 aromatic heterocycles. The number of hydrogen-bond acceptors (Lipinski definition) is 4. The molecule has 0 saturated carbocycles. The van der Waals surface area contributed by atoms with Crippen LogP contribution in [-0.2, 0) is 0 Å². The SMILES string of the molecule is COc1cccc(-c2cnc(Nc3ccccc3C)c(Cl)c2C#N)c1. The third-order valence-corrected chi connectivity index (χ3v) is 4.28. The van der Waals surface area contributed by atoms with Gasteiger partial charge in [0.15, 0.2) is 5.82 Å². The van der Waals surface area contributed by atoms with E-state index in [1.54, 1.807) is 13.3 Å². The third kappa shape index (κ3) is 3.42. The lowest BCUT2D eigenvalue weighted by molar-refractivity contribution is 0.415. The first-order valence-corrected chi connectivity index (χ1v) is 8.07. The number of hydrogen-bond donors (Lipinski definition) is 1. The quantitative estimate of drug-likeness (QED) is 0.691. The number of nitrogens with zero attached hydrogens (tertiary/aromatic N) is 2. The Kier molecular flexibility index (Phi) is 4.87. The van der Waals surface area contributed by atoms with Crippen LogP contribution in [0.2, 0.25) is 5.02 Å². The van der Waals surface area contributed by atoms with Crippen molar-refractivity contribution in [3.8, 4) is 22.9 Å². The Morgan fingerprint density at radius 1 is 1.16 bits per heavy atom. The van der Waals surface area contributed by atoms with E-state index in [9.17, 15) is 5.26 Å². The molecule has 0 aliphatic rings. The molecule has 124 valence electrons. The number of aromatic nitrogens is 1. The van der Waals surface area contributed by atoms with Gasteiger partial charge in [0.25, 0.3) is 0 Å². The molecule has 0 radical (unpaired) electrons. The summed E-state index contributed by atoms with van der Waals surface area (Å²) in [5.74, 6) is 1.17. The van der Waals surface area contributed by atoms with E-state index in [4.69, 9.17) is 16.3 Å². The summed E-state index contributed by atoms with van der Waals surface area (Å²) >= 11 is 6.46. The Morgan fingerprint density at radius 2 is 1.96 bits per heavy atom. The Balaban J connectivity index is 2.05. The molecule has 0 bridgehead atoms. The number of ether oxygens (including phenoxy) is 1. The Hall–Kier alpha value is -3.03. The molecule has 3 rings (SSSR count). The van der Waals surface area contributed by atoms with Crippen LogP contribution in [0, 0.1) is 18.3 Å². The molecular formula is C20H16ClN3O. The minimum atomic E-state index is 0.297. The van der Waals surface area contributed by atoms with Gasteiger partial charge < -0.3 is 10.1 Å². The number of halogens is 1. The van der Waals surface area contributed by atoms with Crippen LogP contribution in [0.4, 0.5) is 11.5 Å². The maximum atomic E-state index is 9.61. The van der Waals surface area contributed by atoms with Crippen LogP contribution < -0.4 is 10.1 Å². The van der Waals surface area contributed by atoms with Gasteiger partial charge in [-0.25, -0.2) is 4.98 Å². The first kappa shape index (κ1) is 16.8. The van der Waals surface area contributed by atoms with Crippen LogP contribution in [0.5, 0.6) is 5.75 Å². The predicted molar refractivity (Wildman–Crippen MR) is 100 cm³/mol. The Morgan fingerprint density at radius 3 is 2.68 bits per heavy atom. The highest BCUT2D eigenvalue weighted by molar-refractivity contribution is 6.34. The number of pyridine rings is 1. The van der Waals surface area contributed by atoms with Gasteiger partial charge >= 0.3 is 0 Å². The van der Waals surface area contributed by atoms with Gasteiger partial charge in [0.05, 0.1) is 12.7 Å². The number of aryl methyl sites for hydroxylation is 1. The van der Waals surface area contributed by atoms with Crippen LogP contribution in [0.3, 0.4) is 0 Å². The predicted octanol–water partition coefficient (Wildman–Crippen LogP) is 5.33. The molecule has 1 heterocycles. The molecule has 0 amide bonds. The first-order chi connectivity index (χ1) is 12.1. The van der Waals surface area contributed by atoms with E-state index < -0.39 is 0 Å². The highest BCUT2D eigenvalue weighted by Crippen LogP contribution is 2.35. The zero-order valence-electron chi connectivity index (χ0n) is 13.9. The molecule has 0 spiro atoms. The molecule has 1 N–H and O–H groups in total. The Labute approximate surface area is 151 Å².